The van der Waals surface area contributed by atoms with Crippen molar-refractivity contribution >= 4 is 17.2 Å². The number of alkyl halides is 3. The van der Waals surface area contributed by atoms with Crippen LogP contribution in [0.25, 0.3) is 0 Å². The number of hydrogen-bond acceptors (Lipinski definition) is 4. The number of rotatable bonds is 6. The van der Waals surface area contributed by atoms with Crippen molar-refractivity contribution in [2.75, 3.05) is 13.2 Å². The van der Waals surface area contributed by atoms with Gasteiger partial charge in [0.2, 0.25) is 0 Å². The zero-order valence-electron chi connectivity index (χ0n) is 15.1. The van der Waals surface area contributed by atoms with Gasteiger partial charge in [-0.1, -0.05) is 6.08 Å². The molecule has 1 aromatic heterocycles. The first-order valence-electron chi connectivity index (χ1n) is 8.73. The lowest BCUT2D eigenvalue weighted by atomic mass is 10.1. The highest BCUT2D eigenvalue weighted by atomic mass is 32.1. The van der Waals surface area contributed by atoms with E-state index >= 15 is 0 Å². The minimum atomic E-state index is -4.24. The summed E-state index contributed by atoms with van der Waals surface area (Å²) in [5, 5.41) is 9.52. The number of thiophene rings is 1. The van der Waals surface area contributed by atoms with Crippen LogP contribution in [-0.2, 0) is 6.42 Å². The van der Waals surface area contributed by atoms with Gasteiger partial charge in [-0.05, 0) is 39.2 Å². The number of nitrogens with zero attached hydrogens (tertiary/aromatic N) is 2. The van der Waals surface area contributed by atoms with Gasteiger partial charge in [-0.15, -0.1) is 11.3 Å². The average molecular weight is 389 g/mol. The molecule has 2 rings (SSSR count). The lowest BCUT2D eigenvalue weighted by Crippen LogP contribution is -2.42. The molecule has 0 saturated heterocycles. The maximum Gasteiger partial charge on any atom is 0.393 e. The van der Waals surface area contributed by atoms with E-state index in [1.165, 1.54) is 0 Å². The molecule has 26 heavy (non-hydrogen) atoms. The first kappa shape index (κ1) is 20.9. The third-order valence-corrected chi connectivity index (χ3v) is 5.48. The summed E-state index contributed by atoms with van der Waals surface area (Å²) in [5.74, 6) is 0.610. The fourth-order valence-corrected chi connectivity index (χ4v) is 4.40. The molecule has 3 N–H and O–H groups in total. The molecule has 2 unspecified atom stereocenters. The van der Waals surface area contributed by atoms with Crippen molar-refractivity contribution in [3.8, 4) is 0 Å². The van der Waals surface area contributed by atoms with Crippen molar-refractivity contribution in [2.24, 2.45) is 10.7 Å². The van der Waals surface area contributed by atoms with E-state index in [2.05, 4.69) is 4.99 Å². The SMILES string of the molecule is C/C=C/N=C(c1cc(CC(F)(F)F)sc1C)N(CCO)C1CCC(N)C1. The van der Waals surface area contributed by atoms with Gasteiger partial charge in [0, 0.05) is 40.1 Å². The van der Waals surface area contributed by atoms with Gasteiger partial charge >= 0.3 is 6.18 Å². The number of aliphatic hydroxyl groups excluding tert-OH is 1. The minimum absolute atomic E-state index is 0.0564. The Morgan fingerprint density at radius 2 is 2.19 bits per heavy atom. The largest absolute Gasteiger partial charge is 0.395 e. The van der Waals surface area contributed by atoms with Crippen molar-refractivity contribution in [1.82, 2.24) is 4.90 Å². The maximum absolute atomic E-state index is 12.8. The molecular formula is C18H26F3N3OS. The summed E-state index contributed by atoms with van der Waals surface area (Å²) in [6.45, 7) is 3.96. The Morgan fingerprint density at radius 3 is 2.73 bits per heavy atom. The third-order valence-electron chi connectivity index (χ3n) is 4.43. The van der Waals surface area contributed by atoms with Crippen LogP contribution in [0.5, 0.6) is 0 Å². The van der Waals surface area contributed by atoms with Crippen molar-refractivity contribution in [3.05, 3.63) is 33.7 Å². The second-order valence-corrected chi connectivity index (χ2v) is 7.89. The van der Waals surface area contributed by atoms with E-state index < -0.39 is 12.6 Å². The zero-order valence-corrected chi connectivity index (χ0v) is 15.9. The number of halogens is 3. The number of nitrogens with two attached hydrogens (primary N) is 1. The van der Waals surface area contributed by atoms with E-state index in [0.717, 1.165) is 35.5 Å². The number of hydrogen-bond donors (Lipinski definition) is 2. The molecule has 8 heteroatoms. The molecule has 1 fully saturated rings. The van der Waals surface area contributed by atoms with Gasteiger partial charge < -0.3 is 15.7 Å². The van der Waals surface area contributed by atoms with E-state index in [4.69, 9.17) is 5.73 Å². The smallest absolute Gasteiger partial charge is 0.393 e. The van der Waals surface area contributed by atoms with Gasteiger partial charge in [0.15, 0.2) is 0 Å². The zero-order chi connectivity index (χ0) is 19.3. The number of aliphatic hydroxyl groups is 1. The summed E-state index contributed by atoms with van der Waals surface area (Å²) < 4.78 is 38.3. The highest BCUT2D eigenvalue weighted by molar-refractivity contribution is 7.12. The molecule has 146 valence electrons. The van der Waals surface area contributed by atoms with Crippen LogP contribution < -0.4 is 5.73 Å². The topological polar surface area (TPSA) is 61.8 Å². The van der Waals surface area contributed by atoms with E-state index in [1.54, 1.807) is 18.3 Å². The second kappa shape index (κ2) is 9.01. The Hall–Kier alpha value is -1.38. The Bertz CT molecular complexity index is 655. The van der Waals surface area contributed by atoms with Gasteiger partial charge in [-0.25, -0.2) is 4.99 Å². The molecule has 1 aromatic rings. The molecule has 0 aliphatic heterocycles. The summed E-state index contributed by atoms with van der Waals surface area (Å²) in [7, 11) is 0. The van der Waals surface area contributed by atoms with Gasteiger partial charge in [-0.2, -0.15) is 13.2 Å². The Labute approximate surface area is 156 Å². The Morgan fingerprint density at radius 1 is 1.46 bits per heavy atom. The lowest BCUT2D eigenvalue weighted by Gasteiger charge is -2.31. The summed E-state index contributed by atoms with van der Waals surface area (Å²) in [4.78, 5) is 7.56. The highest BCUT2D eigenvalue weighted by Gasteiger charge is 2.32. The predicted molar refractivity (Wildman–Crippen MR) is 99.6 cm³/mol. The molecule has 0 spiro atoms. The minimum Gasteiger partial charge on any atom is -0.395 e. The van der Waals surface area contributed by atoms with E-state index in [1.807, 2.05) is 18.7 Å². The van der Waals surface area contributed by atoms with E-state index in [0.29, 0.717) is 17.9 Å². The van der Waals surface area contributed by atoms with Gasteiger partial charge in [0.25, 0.3) is 0 Å². The standard InChI is InChI=1S/C18H26F3N3OS/c1-3-6-23-17(24(7-8-25)14-5-4-13(22)9-14)16-10-15(26-12(16)2)11-18(19,20)21/h3,6,10,13-14,25H,4-5,7-9,11,22H2,1-2H3/b6-3+,23-17?. The van der Waals surface area contributed by atoms with Crippen LogP contribution in [0.15, 0.2) is 23.3 Å². The summed E-state index contributed by atoms with van der Waals surface area (Å²) >= 11 is 1.14. The van der Waals surface area contributed by atoms with Gasteiger partial charge in [-0.3, -0.25) is 0 Å². The summed E-state index contributed by atoms with van der Waals surface area (Å²) in [6, 6.07) is 1.81. The number of allylic oxidation sites excluding steroid dienone is 1. The molecule has 0 bridgehead atoms. The summed E-state index contributed by atoms with van der Waals surface area (Å²) in [6.07, 6.45) is 0.792. The highest BCUT2D eigenvalue weighted by Crippen LogP contribution is 2.31. The van der Waals surface area contributed by atoms with Crippen LogP contribution in [0.2, 0.25) is 0 Å². The van der Waals surface area contributed by atoms with Crippen LogP contribution in [0.1, 0.15) is 41.5 Å². The summed E-state index contributed by atoms with van der Waals surface area (Å²) in [5.41, 5.74) is 6.73. The molecular weight excluding hydrogens is 363 g/mol. The molecule has 0 radical (unpaired) electrons. The maximum atomic E-state index is 12.8. The molecule has 1 aliphatic rings. The first-order chi connectivity index (χ1) is 12.2. The van der Waals surface area contributed by atoms with Crippen molar-refractivity contribution < 1.29 is 18.3 Å². The normalized spacial score (nSPS) is 21.7. The van der Waals surface area contributed by atoms with E-state index in [-0.39, 0.29) is 23.6 Å². The molecule has 1 heterocycles. The van der Waals surface area contributed by atoms with Crippen molar-refractivity contribution in [2.45, 2.75) is 57.8 Å². The van der Waals surface area contributed by atoms with Gasteiger partial charge in [0.05, 0.1) is 13.0 Å². The predicted octanol–water partition coefficient (Wildman–Crippen LogP) is 3.62. The Kier molecular flexibility index (Phi) is 7.25. The fourth-order valence-electron chi connectivity index (χ4n) is 3.34. The molecule has 2 atom stereocenters. The fraction of sp³-hybridized carbons (Fsp3) is 0.611. The van der Waals surface area contributed by atoms with Crippen molar-refractivity contribution in [1.29, 1.82) is 0 Å². The molecule has 0 amide bonds. The van der Waals surface area contributed by atoms with Gasteiger partial charge in [0.1, 0.15) is 5.84 Å². The monoisotopic (exact) mass is 389 g/mol. The second-order valence-electron chi connectivity index (χ2n) is 6.55. The van der Waals surface area contributed by atoms with E-state index in [9.17, 15) is 18.3 Å². The molecule has 0 aromatic carbocycles. The number of amidine groups is 1. The van der Waals surface area contributed by atoms with Crippen LogP contribution in [0.3, 0.4) is 0 Å². The molecule has 4 nitrogen and oxygen atoms in total. The average Bonchev–Trinajstić information content (AvgIpc) is 3.11. The lowest BCUT2D eigenvalue weighted by molar-refractivity contribution is -0.126. The third kappa shape index (κ3) is 5.56. The Balaban J connectivity index is 2.40. The van der Waals surface area contributed by atoms with Crippen LogP contribution in [0, 0.1) is 6.92 Å². The number of aliphatic imine (C=N–C) groups is 1. The number of aryl methyl sites for hydroxylation is 1. The molecule has 1 aliphatic carbocycles. The molecule has 1 saturated carbocycles. The first-order valence-corrected chi connectivity index (χ1v) is 9.55. The van der Waals surface area contributed by atoms with Crippen LogP contribution in [-0.4, -0.2) is 47.3 Å². The van der Waals surface area contributed by atoms with Crippen LogP contribution >= 0.6 is 11.3 Å². The van der Waals surface area contributed by atoms with Crippen molar-refractivity contribution in [3.63, 3.8) is 0 Å². The quantitative estimate of drug-likeness (QED) is 0.577. The van der Waals surface area contributed by atoms with Crippen LogP contribution in [0.4, 0.5) is 13.2 Å².